The standard InChI is InChI=1S/C16H12ClFN2/c1-2-10-7-8-14-12(9-10)15(17)20-16(19-14)11-5-3-4-6-13(11)18/h3-9H,2H2,1H3. The lowest BCUT2D eigenvalue weighted by Crippen LogP contribution is -1.95. The van der Waals surface area contributed by atoms with Gasteiger partial charge < -0.3 is 0 Å². The molecule has 100 valence electrons. The lowest BCUT2D eigenvalue weighted by atomic mass is 10.1. The van der Waals surface area contributed by atoms with E-state index in [2.05, 4.69) is 16.9 Å². The summed E-state index contributed by atoms with van der Waals surface area (Å²) in [5.74, 6) is -0.0436. The van der Waals surface area contributed by atoms with Crippen molar-refractivity contribution in [1.29, 1.82) is 0 Å². The van der Waals surface area contributed by atoms with Crippen LogP contribution in [0.3, 0.4) is 0 Å². The van der Waals surface area contributed by atoms with E-state index in [9.17, 15) is 4.39 Å². The molecule has 0 bridgehead atoms. The number of benzene rings is 2. The number of aromatic nitrogens is 2. The van der Waals surface area contributed by atoms with Crippen molar-refractivity contribution in [2.75, 3.05) is 0 Å². The Labute approximate surface area is 121 Å². The van der Waals surface area contributed by atoms with E-state index in [4.69, 9.17) is 11.6 Å². The smallest absolute Gasteiger partial charge is 0.164 e. The van der Waals surface area contributed by atoms with Gasteiger partial charge in [-0.1, -0.05) is 36.7 Å². The van der Waals surface area contributed by atoms with Gasteiger partial charge in [-0.15, -0.1) is 0 Å². The van der Waals surface area contributed by atoms with Gasteiger partial charge in [0.1, 0.15) is 11.0 Å². The molecule has 2 aromatic carbocycles. The largest absolute Gasteiger partial charge is 0.228 e. The van der Waals surface area contributed by atoms with Gasteiger partial charge in [-0.3, -0.25) is 0 Å². The van der Waals surface area contributed by atoms with Gasteiger partial charge in [0.2, 0.25) is 0 Å². The van der Waals surface area contributed by atoms with E-state index in [1.807, 2.05) is 18.2 Å². The van der Waals surface area contributed by atoms with Crippen molar-refractivity contribution < 1.29 is 4.39 Å². The SMILES string of the molecule is CCc1ccc2nc(-c3ccccc3F)nc(Cl)c2c1. The Balaban J connectivity index is 2.23. The molecule has 1 heterocycles. The molecule has 20 heavy (non-hydrogen) atoms. The summed E-state index contributed by atoms with van der Waals surface area (Å²) in [5, 5.41) is 1.15. The first-order valence-corrected chi connectivity index (χ1v) is 6.78. The zero-order chi connectivity index (χ0) is 14.1. The fourth-order valence-electron chi connectivity index (χ4n) is 2.12. The summed E-state index contributed by atoms with van der Waals surface area (Å²) < 4.78 is 13.8. The fraction of sp³-hybridized carbons (Fsp3) is 0.125. The first-order valence-electron chi connectivity index (χ1n) is 6.40. The topological polar surface area (TPSA) is 25.8 Å². The number of rotatable bonds is 2. The van der Waals surface area contributed by atoms with Crippen molar-refractivity contribution in [3.63, 3.8) is 0 Å². The second-order valence-electron chi connectivity index (χ2n) is 4.52. The van der Waals surface area contributed by atoms with Gasteiger partial charge in [0.05, 0.1) is 11.1 Å². The molecule has 0 unspecified atom stereocenters. The van der Waals surface area contributed by atoms with Gasteiger partial charge in [-0.05, 0) is 36.2 Å². The molecule has 0 radical (unpaired) electrons. The number of nitrogens with zero attached hydrogens (tertiary/aromatic N) is 2. The highest BCUT2D eigenvalue weighted by molar-refractivity contribution is 6.34. The number of aryl methyl sites for hydroxylation is 1. The third kappa shape index (κ3) is 2.25. The highest BCUT2D eigenvalue weighted by atomic mass is 35.5. The maximum absolute atomic E-state index is 13.8. The Hall–Kier alpha value is -2.00. The van der Waals surface area contributed by atoms with Gasteiger partial charge in [-0.2, -0.15) is 0 Å². The number of hydrogen-bond acceptors (Lipinski definition) is 2. The predicted molar refractivity (Wildman–Crippen MR) is 79.3 cm³/mol. The van der Waals surface area contributed by atoms with E-state index < -0.39 is 0 Å². The Morgan fingerprint density at radius 2 is 1.90 bits per heavy atom. The molecule has 0 spiro atoms. The normalized spacial score (nSPS) is 10.9. The van der Waals surface area contributed by atoms with Crippen LogP contribution >= 0.6 is 11.6 Å². The summed E-state index contributed by atoms with van der Waals surface area (Å²) >= 11 is 6.22. The molecule has 0 saturated heterocycles. The van der Waals surface area contributed by atoms with Crippen LogP contribution in [-0.2, 0) is 6.42 Å². The van der Waals surface area contributed by atoms with E-state index in [0.29, 0.717) is 16.5 Å². The molecular weight excluding hydrogens is 275 g/mol. The molecule has 0 aliphatic rings. The minimum absolute atomic E-state index is 0.310. The van der Waals surface area contributed by atoms with Gasteiger partial charge in [0.15, 0.2) is 5.82 Å². The molecule has 2 nitrogen and oxygen atoms in total. The Kier molecular flexibility index (Phi) is 3.36. The summed E-state index contributed by atoms with van der Waals surface area (Å²) in [7, 11) is 0. The zero-order valence-electron chi connectivity index (χ0n) is 10.9. The van der Waals surface area contributed by atoms with Crippen molar-refractivity contribution in [3.05, 3.63) is 59.0 Å². The number of halogens is 2. The molecule has 0 amide bonds. The second kappa shape index (κ2) is 5.17. The quantitative estimate of drug-likeness (QED) is 0.641. The minimum atomic E-state index is -0.354. The molecule has 4 heteroatoms. The van der Waals surface area contributed by atoms with Crippen LogP contribution in [0.25, 0.3) is 22.3 Å². The average molecular weight is 287 g/mol. The first kappa shape index (κ1) is 13.0. The van der Waals surface area contributed by atoms with Crippen LogP contribution in [0.15, 0.2) is 42.5 Å². The lowest BCUT2D eigenvalue weighted by Gasteiger charge is -2.06. The number of fused-ring (bicyclic) bond motifs is 1. The second-order valence-corrected chi connectivity index (χ2v) is 4.88. The van der Waals surface area contributed by atoms with Crippen LogP contribution in [0.2, 0.25) is 5.15 Å². The fourth-order valence-corrected chi connectivity index (χ4v) is 2.35. The highest BCUT2D eigenvalue weighted by Gasteiger charge is 2.11. The van der Waals surface area contributed by atoms with Crippen molar-refractivity contribution in [3.8, 4) is 11.4 Å². The third-order valence-corrected chi connectivity index (χ3v) is 3.52. The number of hydrogen-bond donors (Lipinski definition) is 0. The molecule has 0 N–H and O–H groups in total. The van der Waals surface area contributed by atoms with Crippen LogP contribution in [0.1, 0.15) is 12.5 Å². The van der Waals surface area contributed by atoms with Crippen LogP contribution in [0.4, 0.5) is 4.39 Å². The summed E-state index contributed by atoms with van der Waals surface area (Å²) in [6.45, 7) is 2.07. The molecule has 1 aromatic heterocycles. The molecule has 3 aromatic rings. The van der Waals surface area contributed by atoms with Gasteiger partial charge in [-0.25, -0.2) is 14.4 Å². The van der Waals surface area contributed by atoms with Crippen molar-refractivity contribution in [2.24, 2.45) is 0 Å². The first-order chi connectivity index (χ1) is 9.69. The monoisotopic (exact) mass is 286 g/mol. The van der Waals surface area contributed by atoms with E-state index >= 15 is 0 Å². The van der Waals surface area contributed by atoms with Crippen LogP contribution in [0.5, 0.6) is 0 Å². The zero-order valence-corrected chi connectivity index (χ0v) is 11.7. The van der Waals surface area contributed by atoms with E-state index in [1.165, 1.54) is 11.6 Å². The Morgan fingerprint density at radius 1 is 1.10 bits per heavy atom. The molecule has 0 fully saturated rings. The highest BCUT2D eigenvalue weighted by Crippen LogP contribution is 2.27. The Morgan fingerprint density at radius 3 is 2.65 bits per heavy atom. The minimum Gasteiger partial charge on any atom is -0.228 e. The van der Waals surface area contributed by atoms with Crippen molar-refractivity contribution in [2.45, 2.75) is 13.3 Å². The summed E-state index contributed by atoms with van der Waals surface area (Å²) in [6, 6.07) is 12.3. The van der Waals surface area contributed by atoms with E-state index in [1.54, 1.807) is 18.2 Å². The average Bonchev–Trinajstić information content (AvgIpc) is 2.47. The maximum atomic E-state index is 13.8. The molecule has 0 atom stereocenters. The van der Waals surface area contributed by atoms with Gasteiger partial charge in [0, 0.05) is 5.39 Å². The molecule has 0 aliphatic carbocycles. The molecule has 0 aliphatic heterocycles. The van der Waals surface area contributed by atoms with E-state index in [-0.39, 0.29) is 5.82 Å². The van der Waals surface area contributed by atoms with Crippen molar-refractivity contribution >= 4 is 22.5 Å². The summed E-state index contributed by atoms with van der Waals surface area (Å²) in [5.41, 5.74) is 2.25. The molecule has 0 saturated carbocycles. The van der Waals surface area contributed by atoms with E-state index in [0.717, 1.165) is 17.3 Å². The third-order valence-electron chi connectivity index (χ3n) is 3.24. The Bertz CT molecular complexity index is 787. The summed E-state index contributed by atoms with van der Waals surface area (Å²) in [4.78, 5) is 8.63. The maximum Gasteiger partial charge on any atom is 0.164 e. The van der Waals surface area contributed by atoms with Crippen LogP contribution in [-0.4, -0.2) is 9.97 Å². The predicted octanol–water partition coefficient (Wildman–Crippen LogP) is 4.65. The molecule has 3 rings (SSSR count). The van der Waals surface area contributed by atoms with Gasteiger partial charge >= 0.3 is 0 Å². The van der Waals surface area contributed by atoms with Crippen molar-refractivity contribution in [1.82, 2.24) is 9.97 Å². The van der Waals surface area contributed by atoms with Crippen LogP contribution < -0.4 is 0 Å². The lowest BCUT2D eigenvalue weighted by molar-refractivity contribution is 0.630. The van der Waals surface area contributed by atoms with Gasteiger partial charge in [0.25, 0.3) is 0 Å². The van der Waals surface area contributed by atoms with Crippen LogP contribution in [0, 0.1) is 5.82 Å². The molecular formula is C16H12ClFN2. The summed E-state index contributed by atoms with van der Waals surface area (Å²) in [6.07, 6.45) is 0.918.